The lowest BCUT2D eigenvalue weighted by Gasteiger charge is -2.31. The number of nitrogens with zero attached hydrogens (tertiary/aromatic N) is 2. The summed E-state index contributed by atoms with van der Waals surface area (Å²) in [5.74, 6) is 0.0294. The van der Waals surface area contributed by atoms with Gasteiger partial charge in [0.25, 0.3) is 5.91 Å². The molecule has 0 radical (unpaired) electrons. The van der Waals surface area contributed by atoms with Crippen molar-refractivity contribution in [2.45, 2.75) is 49.5 Å². The minimum Gasteiger partial charge on any atom is -0.372 e. The number of anilines is 1. The number of halogens is 1. The fourth-order valence-electron chi connectivity index (χ4n) is 4.19. The Balaban J connectivity index is 1.47. The van der Waals surface area contributed by atoms with E-state index in [4.69, 9.17) is 0 Å². The summed E-state index contributed by atoms with van der Waals surface area (Å²) in [6.07, 6.45) is 6.49. The molecule has 0 heterocycles. The molecular weight excluding hydrogens is 437 g/mol. The Kier molecular flexibility index (Phi) is 9.61. The molecule has 7 heteroatoms. The van der Waals surface area contributed by atoms with Gasteiger partial charge in [0.15, 0.2) is 0 Å². The van der Waals surface area contributed by atoms with Gasteiger partial charge < -0.3 is 15.1 Å². The van der Waals surface area contributed by atoms with E-state index in [9.17, 15) is 14.0 Å². The average molecular weight is 472 g/mol. The first-order chi connectivity index (χ1) is 16.0. The largest absolute Gasteiger partial charge is 0.372 e. The van der Waals surface area contributed by atoms with Crippen molar-refractivity contribution >= 4 is 29.3 Å². The first-order valence-corrected chi connectivity index (χ1v) is 12.7. The zero-order valence-corrected chi connectivity index (χ0v) is 20.4. The summed E-state index contributed by atoms with van der Waals surface area (Å²) in [4.78, 5) is 30.0. The van der Waals surface area contributed by atoms with Gasteiger partial charge in [0.05, 0.1) is 17.0 Å². The van der Waals surface area contributed by atoms with Gasteiger partial charge in [-0.25, -0.2) is 4.39 Å². The molecule has 1 saturated carbocycles. The Bertz CT molecular complexity index is 933. The maximum absolute atomic E-state index is 13.9. The Morgan fingerprint density at radius 1 is 1.03 bits per heavy atom. The van der Waals surface area contributed by atoms with Crippen LogP contribution in [0.15, 0.2) is 53.4 Å². The quantitative estimate of drug-likeness (QED) is 0.393. The topological polar surface area (TPSA) is 52.7 Å². The molecule has 3 rings (SSSR count). The zero-order chi connectivity index (χ0) is 23.6. The highest BCUT2D eigenvalue weighted by molar-refractivity contribution is 8.00. The Morgan fingerprint density at radius 3 is 2.48 bits per heavy atom. The van der Waals surface area contributed by atoms with Gasteiger partial charge in [-0.05, 0) is 43.5 Å². The van der Waals surface area contributed by atoms with E-state index >= 15 is 0 Å². The summed E-state index contributed by atoms with van der Waals surface area (Å²) in [7, 11) is 3.74. The molecule has 5 nitrogen and oxygen atoms in total. The van der Waals surface area contributed by atoms with Crippen molar-refractivity contribution in [2.75, 3.05) is 37.8 Å². The van der Waals surface area contributed by atoms with Crippen LogP contribution in [0.1, 0.15) is 48.9 Å². The second-order valence-electron chi connectivity index (χ2n) is 8.56. The maximum atomic E-state index is 13.9. The van der Waals surface area contributed by atoms with Crippen molar-refractivity contribution in [2.24, 2.45) is 0 Å². The number of amides is 2. The van der Waals surface area contributed by atoms with E-state index in [-0.39, 0.29) is 17.6 Å². The molecule has 0 saturated heterocycles. The lowest BCUT2D eigenvalue weighted by atomic mass is 9.94. The Labute approximate surface area is 200 Å². The van der Waals surface area contributed by atoms with Crippen LogP contribution in [0.2, 0.25) is 0 Å². The molecule has 178 valence electrons. The first kappa shape index (κ1) is 25.1. The molecule has 1 aliphatic rings. The van der Waals surface area contributed by atoms with Gasteiger partial charge in [0, 0.05) is 38.1 Å². The predicted octanol–water partition coefficient (Wildman–Crippen LogP) is 4.97. The van der Waals surface area contributed by atoms with Crippen LogP contribution in [-0.4, -0.2) is 55.7 Å². The second kappa shape index (κ2) is 12.6. The van der Waals surface area contributed by atoms with Crippen molar-refractivity contribution in [3.8, 4) is 0 Å². The van der Waals surface area contributed by atoms with Gasteiger partial charge in [-0.3, -0.25) is 9.59 Å². The molecule has 33 heavy (non-hydrogen) atoms. The summed E-state index contributed by atoms with van der Waals surface area (Å²) >= 11 is 1.42. The second-order valence-corrected chi connectivity index (χ2v) is 9.58. The Morgan fingerprint density at radius 2 is 1.73 bits per heavy atom. The van der Waals surface area contributed by atoms with E-state index in [1.165, 1.54) is 37.1 Å². The number of para-hydroxylation sites is 1. The van der Waals surface area contributed by atoms with Crippen LogP contribution in [0.25, 0.3) is 0 Å². The number of rotatable bonds is 10. The van der Waals surface area contributed by atoms with E-state index in [0.717, 1.165) is 17.7 Å². The molecule has 0 spiro atoms. The molecule has 1 fully saturated rings. The van der Waals surface area contributed by atoms with Crippen LogP contribution in [0.5, 0.6) is 0 Å². The van der Waals surface area contributed by atoms with E-state index < -0.39 is 0 Å². The number of carbonyl (C=O) groups is 2. The van der Waals surface area contributed by atoms with Gasteiger partial charge in [0.1, 0.15) is 5.82 Å². The molecular formula is C26H34FN3O2S. The third-order valence-corrected chi connectivity index (χ3v) is 7.28. The lowest BCUT2D eigenvalue weighted by Crippen LogP contribution is -2.39. The highest BCUT2D eigenvalue weighted by atomic mass is 32.2. The highest BCUT2D eigenvalue weighted by Crippen LogP contribution is 2.26. The molecule has 2 aromatic rings. The van der Waals surface area contributed by atoms with Gasteiger partial charge in [-0.15, -0.1) is 11.8 Å². The van der Waals surface area contributed by atoms with Crippen LogP contribution in [0.3, 0.4) is 0 Å². The van der Waals surface area contributed by atoms with E-state index in [1.807, 2.05) is 48.2 Å². The summed E-state index contributed by atoms with van der Waals surface area (Å²) in [6.45, 7) is 1.11. The van der Waals surface area contributed by atoms with Gasteiger partial charge in [-0.2, -0.15) is 0 Å². The van der Waals surface area contributed by atoms with Crippen molar-refractivity contribution < 1.29 is 14.0 Å². The van der Waals surface area contributed by atoms with Gasteiger partial charge >= 0.3 is 0 Å². The van der Waals surface area contributed by atoms with Crippen LogP contribution in [0, 0.1) is 5.82 Å². The third kappa shape index (κ3) is 7.22. The summed E-state index contributed by atoms with van der Waals surface area (Å²) in [5.41, 5.74) is 1.13. The normalized spacial score (nSPS) is 14.0. The van der Waals surface area contributed by atoms with E-state index in [1.54, 1.807) is 18.2 Å². The number of nitrogens with one attached hydrogen (secondary N) is 1. The van der Waals surface area contributed by atoms with E-state index in [0.29, 0.717) is 42.6 Å². The van der Waals surface area contributed by atoms with Crippen LogP contribution in [-0.2, 0) is 4.79 Å². The van der Waals surface area contributed by atoms with Crippen molar-refractivity contribution in [3.63, 3.8) is 0 Å². The first-order valence-electron chi connectivity index (χ1n) is 11.7. The van der Waals surface area contributed by atoms with Gasteiger partial charge in [0.2, 0.25) is 5.91 Å². The summed E-state index contributed by atoms with van der Waals surface area (Å²) in [6, 6.07) is 14.4. The molecule has 1 aliphatic carbocycles. The molecule has 0 bridgehead atoms. The summed E-state index contributed by atoms with van der Waals surface area (Å²) < 4.78 is 13.9. The van der Waals surface area contributed by atoms with Crippen LogP contribution >= 0.6 is 11.8 Å². The SMILES string of the molecule is CN(CCCNC(=O)c1ccccc1SCC(=O)N(C)C1CCCCC1)c1ccccc1F. The molecule has 2 aromatic carbocycles. The minimum absolute atomic E-state index is 0.110. The Hall–Kier alpha value is -2.54. The average Bonchev–Trinajstić information content (AvgIpc) is 2.85. The maximum Gasteiger partial charge on any atom is 0.252 e. The zero-order valence-electron chi connectivity index (χ0n) is 19.6. The molecule has 0 aliphatic heterocycles. The minimum atomic E-state index is -0.251. The fourth-order valence-corrected chi connectivity index (χ4v) is 5.16. The smallest absolute Gasteiger partial charge is 0.252 e. The third-order valence-electron chi connectivity index (χ3n) is 6.22. The summed E-state index contributed by atoms with van der Waals surface area (Å²) in [5, 5.41) is 2.95. The number of carbonyl (C=O) groups excluding carboxylic acids is 2. The number of hydrogen-bond acceptors (Lipinski definition) is 4. The van der Waals surface area contributed by atoms with Crippen LogP contribution < -0.4 is 10.2 Å². The highest BCUT2D eigenvalue weighted by Gasteiger charge is 2.22. The molecule has 0 aromatic heterocycles. The molecule has 1 N–H and O–H groups in total. The van der Waals surface area contributed by atoms with Crippen molar-refractivity contribution in [3.05, 3.63) is 59.9 Å². The van der Waals surface area contributed by atoms with Gasteiger partial charge in [-0.1, -0.05) is 43.5 Å². The van der Waals surface area contributed by atoms with E-state index in [2.05, 4.69) is 5.32 Å². The monoisotopic (exact) mass is 471 g/mol. The number of benzene rings is 2. The fraction of sp³-hybridized carbons (Fsp3) is 0.462. The van der Waals surface area contributed by atoms with Crippen molar-refractivity contribution in [1.29, 1.82) is 0 Å². The standard InChI is InChI=1S/C26H34FN3O2S/c1-29(23-15-8-7-14-22(23)27)18-10-17-28-26(32)21-13-6-9-16-24(21)33-19-25(31)30(2)20-11-4-3-5-12-20/h6-9,13-16,20H,3-5,10-12,17-19H2,1-2H3,(H,28,32). The number of hydrogen-bond donors (Lipinski definition) is 1. The molecule has 2 amide bonds. The molecule has 0 atom stereocenters. The number of thioether (sulfide) groups is 1. The van der Waals surface area contributed by atoms with Crippen LogP contribution in [0.4, 0.5) is 10.1 Å². The predicted molar refractivity (Wildman–Crippen MR) is 133 cm³/mol. The molecule has 0 unspecified atom stereocenters. The van der Waals surface area contributed by atoms with Crippen molar-refractivity contribution in [1.82, 2.24) is 10.2 Å². The lowest BCUT2D eigenvalue weighted by molar-refractivity contribution is -0.129.